The molecule has 0 saturated carbocycles. The summed E-state index contributed by atoms with van der Waals surface area (Å²) in [4.78, 5) is 0. The Morgan fingerprint density at radius 1 is 1.40 bits per heavy atom. The molecule has 0 atom stereocenters. The van der Waals surface area contributed by atoms with Crippen molar-refractivity contribution >= 4 is 26.8 Å². The van der Waals surface area contributed by atoms with Crippen molar-refractivity contribution in [2.75, 3.05) is 6.54 Å². The summed E-state index contributed by atoms with van der Waals surface area (Å²) in [5.41, 5.74) is 6.37. The molecule has 0 fully saturated rings. The molecule has 0 bridgehead atoms. The molecule has 1 aromatic carbocycles. The highest BCUT2D eigenvalue weighted by Crippen LogP contribution is 2.26. The van der Waals surface area contributed by atoms with Gasteiger partial charge in [-0.1, -0.05) is 0 Å². The highest BCUT2D eigenvalue weighted by molar-refractivity contribution is 9.10. The van der Waals surface area contributed by atoms with E-state index in [2.05, 4.69) is 15.9 Å². The molecule has 1 heterocycles. The number of nitrogens with zero attached hydrogens (tertiary/aromatic N) is 1. The molecule has 0 unspecified atom stereocenters. The van der Waals surface area contributed by atoms with Gasteiger partial charge >= 0.3 is 0 Å². The van der Waals surface area contributed by atoms with Gasteiger partial charge in [0.2, 0.25) is 0 Å². The Kier molecular flexibility index (Phi) is 3.07. The molecule has 2 rings (SSSR count). The van der Waals surface area contributed by atoms with Crippen molar-refractivity contribution < 1.29 is 4.39 Å². The van der Waals surface area contributed by atoms with Crippen LogP contribution in [0.15, 0.2) is 28.9 Å². The van der Waals surface area contributed by atoms with Gasteiger partial charge in [0.05, 0.1) is 5.52 Å². The van der Waals surface area contributed by atoms with Crippen LogP contribution in [0.3, 0.4) is 0 Å². The van der Waals surface area contributed by atoms with Crippen molar-refractivity contribution in [2.24, 2.45) is 5.73 Å². The number of halogens is 2. The van der Waals surface area contributed by atoms with E-state index in [4.69, 9.17) is 5.73 Å². The number of hydrogen-bond acceptors (Lipinski definition) is 1. The largest absolute Gasteiger partial charge is 0.346 e. The van der Waals surface area contributed by atoms with Gasteiger partial charge in [0, 0.05) is 22.6 Å². The van der Waals surface area contributed by atoms with Crippen LogP contribution >= 0.6 is 15.9 Å². The fourth-order valence-corrected chi connectivity index (χ4v) is 2.25. The first-order valence-corrected chi connectivity index (χ1v) is 5.65. The van der Waals surface area contributed by atoms with E-state index >= 15 is 0 Å². The Morgan fingerprint density at radius 3 is 2.93 bits per heavy atom. The molecule has 4 heteroatoms. The number of nitrogens with two attached hydrogens (primary N) is 1. The van der Waals surface area contributed by atoms with Crippen LogP contribution in [0.5, 0.6) is 0 Å². The lowest BCUT2D eigenvalue weighted by molar-refractivity contribution is 0.625. The monoisotopic (exact) mass is 270 g/mol. The molecule has 0 spiro atoms. The lowest BCUT2D eigenvalue weighted by atomic mass is 10.2. The third-order valence-electron chi connectivity index (χ3n) is 2.40. The summed E-state index contributed by atoms with van der Waals surface area (Å²) >= 11 is 3.46. The third kappa shape index (κ3) is 2.06. The summed E-state index contributed by atoms with van der Waals surface area (Å²) in [5, 5.41) is 1.04. The molecule has 0 amide bonds. The third-order valence-corrected chi connectivity index (χ3v) is 3.03. The van der Waals surface area contributed by atoms with Crippen molar-refractivity contribution in [3.63, 3.8) is 0 Å². The molecular weight excluding hydrogens is 259 g/mol. The van der Waals surface area contributed by atoms with E-state index in [9.17, 15) is 4.39 Å². The average Bonchev–Trinajstić information content (AvgIpc) is 2.52. The summed E-state index contributed by atoms with van der Waals surface area (Å²) in [6.07, 6.45) is 2.87. The second-order valence-corrected chi connectivity index (χ2v) is 4.33. The number of aryl methyl sites for hydroxylation is 1. The minimum Gasteiger partial charge on any atom is -0.346 e. The van der Waals surface area contributed by atoms with Gasteiger partial charge in [-0.25, -0.2) is 4.39 Å². The first kappa shape index (κ1) is 10.6. The second kappa shape index (κ2) is 4.33. The Labute approximate surface area is 96.0 Å². The predicted molar refractivity (Wildman–Crippen MR) is 63.3 cm³/mol. The van der Waals surface area contributed by atoms with Crippen LogP contribution in [0.1, 0.15) is 6.42 Å². The number of benzene rings is 1. The second-order valence-electron chi connectivity index (χ2n) is 3.47. The molecular formula is C11H12BrFN2. The van der Waals surface area contributed by atoms with Crippen LogP contribution in [0.4, 0.5) is 4.39 Å². The Hall–Kier alpha value is -0.870. The highest BCUT2D eigenvalue weighted by Gasteiger charge is 2.06. The Morgan fingerprint density at radius 2 is 2.20 bits per heavy atom. The molecule has 80 valence electrons. The van der Waals surface area contributed by atoms with Gasteiger partial charge in [-0.2, -0.15) is 0 Å². The van der Waals surface area contributed by atoms with Crippen LogP contribution in [0.25, 0.3) is 10.9 Å². The zero-order chi connectivity index (χ0) is 10.8. The molecule has 0 aliphatic rings. The quantitative estimate of drug-likeness (QED) is 0.914. The summed E-state index contributed by atoms with van der Waals surface area (Å²) in [5.74, 6) is -0.206. The van der Waals surface area contributed by atoms with E-state index in [0.717, 1.165) is 28.3 Å². The minimum absolute atomic E-state index is 0.206. The maximum atomic E-state index is 13.1. The molecule has 0 saturated heterocycles. The van der Waals surface area contributed by atoms with Crippen molar-refractivity contribution in [3.8, 4) is 0 Å². The van der Waals surface area contributed by atoms with Crippen LogP contribution in [0, 0.1) is 5.82 Å². The summed E-state index contributed by atoms with van der Waals surface area (Å²) < 4.78 is 16.1. The van der Waals surface area contributed by atoms with E-state index in [1.54, 1.807) is 12.1 Å². The fourth-order valence-electron chi connectivity index (χ4n) is 1.67. The number of hydrogen-bond donors (Lipinski definition) is 1. The first-order valence-electron chi connectivity index (χ1n) is 4.86. The molecule has 2 N–H and O–H groups in total. The van der Waals surface area contributed by atoms with Crippen molar-refractivity contribution in [1.29, 1.82) is 0 Å². The van der Waals surface area contributed by atoms with Crippen molar-refractivity contribution in [3.05, 3.63) is 34.7 Å². The zero-order valence-electron chi connectivity index (χ0n) is 8.21. The van der Waals surface area contributed by atoms with E-state index in [-0.39, 0.29) is 5.82 Å². The topological polar surface area (TPSA) is 30.9 Å². The van der Waals surface area contributed by atoms with E-state index < -0.39 is 0 Å². The Bertz CT molecular complexity index is 479. The average molecular weight is 271 g/mol. The zero-order valence-corrected chi connectivity index (χ0v) is 9.80. The van der Waals surface area contributed by atoms with Crippen molar-refractivity contribution in [1.82, 2.24) is 4.57 Å². The first-order chi connectivity index (χ1) is 7.22. The lowest BCUT2D eigenvalue weighted by Crippen LogP contribution is -2.04. The summed E-state index contributed by atoms with van der Waals surface area (Å²) in [7, 11) is 0. The lowest BCUT2D eigenvalue weighted by Gasteiger charge is -2.03. The maximum absolute atomic E-state index is 13.1. The normalized spacial score (nSPS) is 11.1. The van der Waals surface area contributed by atoms with Gasteiger partial charge in [-0.3, -0.25) is 0 Å². The molecule has 0 radical (unpaired) electrons. The summed E-state index contributed by atoms with van der Waals surface area (Å²) in [6.45, 7) is 1.47. The van der Waals surface area contributed by atoms with Gasteiger partial charge < -0.3 is 10.3 Å². The maximum Gasteiger partial charge on any atom is 0.125 e. The number of fused-ring (bicyclic) bond motifs is 1. The SMILES string of the molecule is NCCCn1cc(Br)c2ccc(F)cc21. The van der Waals surface area contributed by atoms with Gasteiger partial charge in [0.1, 0.15) is 5.82 Å². The van der Waals surface area contributed by atoms with Crippen LogP contribution in [-0.2, 0) is 6.54 Å². The standard InChI is InChI=1S/C11H12BrFN2/c12-10-7-15(5-1-4-14)11-6-8(13)2-3-9(10)11/h2-3,6-7H,1,4-5,14H2. The minimum atomic E-state index is -0.206. The molecule has 0 aliphatic carbocycles. The molecule has 2 nitrogen and oxygen atoms in total. The van der Waals surface area contributed by atoms with Crippen molar-refractivity contribution in [2.45, 2.75) is 13.0 Å². The predicted octanol–water partition coefficient (Wildman–Crippen LogP) is 2.89. The molecule has 0 aliphatic heterocycles. The van der Waals surface area contributed by atoms with Crippen LogP contribution in [-0.4, -0.2) is 11.1 Å². The van der Waals surface area contributed by atoms with Crippen LogP contribution in [0.2, 0.25) is 0 Å². The smallest absolute Gasteiger partial charge is 0.125 e. The van der Waals surface area contributed by atoms with Crippen LogP contribution < -0.4 is 5.73 Å². The van der Waals surface area contributed by atoms with Gasteiger partial charge in [0.25, 0.3) is 0 Å². The van der Waals surface area contributed by atoms with E-state index in [0.29, 0.717) is 6.54 Å². The van der Waals surface area contributed by atoms with E-state index in [1.807, 2.05) is 10.8 Å². The molecule has 15 heavy (non-hydrogen) atoms. The fraction of sp³-hybridized carbons (Fsp3) is 0.273. The van der Waals surface area contributed by atoms with E-state index in [1.165, 1.54) is 6.07 Å². The highest BCUT2D eigenvalue weighted by atomic mass is 79.9. The molecule has 1 aromatic heterocycles. The Balaban J connectivity index is 2.49. The molecule has 2 aromatic rings. The van der Waals surface area contributed by atoms with Gasteiger partial charge in [-0.05, 0) is 47.1 Å². The number of aromatic nitrogens is 1. The number of rotatable bonds is 3. The summed E-state index contributed by atoms with van der Waals surface area (Å²) in [6, 6.07) is 4.81. The van der Waals surface area contributed by atoms with Gasteiger partial charge in [0.15, 0.2) is 0 Å². The van der Waals surface area contributed by atoms with Gasteiger partial charge in [-0.15, -0.1) is 0 Å².